The minimum atomic E-state index is -0.566. The molecule has 0 amide bonds. The number of fused-ring (bicyclic) bond motifs is 1. The molecule has 32 heavy (non-hydrogen) atoms. The summed E-state index contributed by atoms with van der Waals surface area (Å²) in [6, 6.07) is 16.8. The van der Waals surface area contributed by atoms with Gasteiger partial charge in [0, 0.05) is 12.0 Å². The lowest BCUT2D eigenvalue weighted by Crippen LogP contribution is -2.08. The number of carbonyl (C=O) groups excluding carboxylic acids is 2. The highest BCUT2D eigenvalue weighted by Gasteiger charge is 2.25. The van der Waals surface area contributed by atoms with Crippen molar-refractivity contribution in [2.75, 3.05) is 6.61 Å². The van der Waals surface area contributed by atoms with E-state index in [9.17, 15) is 9.59 Å². The van der Waals surface area contributed by atoms with Crippen LogP contribution in [0.15, 0.2) is 65.3 Å². The van der Waals surface area contributed by atoms with Crippen molar-refractivity contribution in [1.29, 1.82) is 0 Å². The molecule has 0 fully saturated rings. The van der Waals surface area contributed by atoms with E-state index in [1.54, 1.807) is 32.1 Å². The second-order valence-corrected chi connectivity index (χ2v) is 7.40. The van der Waals surface area contributed by atoms with E-state index in [-0.39, 0.29) is 28.8 Å². The van der Waals surface area contributed by atoms with Crippen molar-refractivity contribution in [2.24, 2.45) is 4.99 Å². The van der Waals surface area contributed by atoms with Crippen LogP contribution in [0.3, 0.4) is 0 Å². The first kappa shape index (κ1) is 21.6. The number of ether oxygens (including phenoxy) is 3. The molecule has 0 unspecified atom stereocenters. The summed E-state index contributed by atoms with van der Waals surface area (Å²) in [4.78, 5) is 28.5. The SMILES string of the molecule is CCOc1cc(/C=C2\N=C(c3ccc4ccccc4c3)OC2=O)cc(Cl)c1OC(=O)CC. The van der Waals surface area contributed by atoms with Gasteiger partial charge in [-0.05, 0) is 53.6 Å². The molecule has 162 valence electrons. The van der Waals surface area contributed by atoms with Gasteiger partial charge in [0.2, 0.25) is 5.90 Å². The van der Waals surface area contributed by atoms with Gasteiger partial charge in [0.1, 0.15) is 0 Å². The zero-order chi connectivity index (χ0) is 22.7. The first-order valence-electron chi connectivity index (χ1n) is 10.2. The Morgan fingerprint density at radius 1 is 1.09 bits per heavy atom. The van der Waals surface area contributed by atoms with Gasteiger partial charge in [0.25, 0.3) is 0 Å². The Labute approximate surface area is 190 Å². The summed E-state index contributed by atoms with van der Waals surface area (Å²) in [5, 5.41) is 2.29. The van der Waals surface area contributed by atoms with Crippen LogP contribution >= 0.6 is 11.6 Å². The zero-order valence-electron chi connectivity index (χ0n) is 17.6. The van der Waals surface area contributed by atoms with Crippen LogP contribution in [0.4, 0.5) is 0 Å². The quantitative estimate of drug-likeness (QED) is 0.280. The number of halogens is 1. The molecule has 0 saturated carbocycles. The summed E-state index contributed by atoms with van der Waals surface area (Å²) in [5.74, 6) is -0.307. The molecule has 1 heterocycles. The number of carbonyl (C=O) groups is 2. The van der Waals surface area contributed by atoms with E-state index in [2.05, 4.69) is 4.99 Å². The number of esters is 2. The second kappa shape index (κ2) is 9.24. The highest BCUT2D eigenvalue weighted by Crippen LogP contribution is 2.38. The number of rotatable bonds is 6. The average Bonchev–Trinajstić information content (AvgIpc) is 3.16. The number of aliphatic imine (C=N–C) groups is 1. The van der Waals surface area contributed by atoms with Crippen LogP contribution in [0, 0.1) is 0 Å². The fourth-order valence-corrected chi connectivity index (χ4v) is 3.49. The van der Waals surface area contributed by atoms with Gasteiger partial charge >= 0.3 is 11.9 Å². The number of hydrogen-bond donors (Lipinski definition) is 0. The van der Waals surface area contributed by atoms with Gasteiger partial charge in [-0.2, -0.15) is 0 Å². The molecule has 0 aromatic heterocycles. The summed E-state index contributed by atoms with van der Waals surface area (Å²) in [6.07, 6.45) is 1.75. The second-order valence-electron chi connectivity index (χ2n) is 6.99. The first-order valence-corrected chi connectivity index (χ1v) is 10.5. The Balaban J connectivity index is 1.68. The molecule has 3 aromatic rings. The molecule has 0 aliphatic carbocycles. The zero-order valence-corrected chi connectivity index (χ0v) is 18.3. The van der Waals surface area contributed by atoms with Gasteiger partial charge in [-0.1, -0.05) is 48.9 Å². The fraction of sp³-hybridized carbons (Fsp3) is 0.160. The van der Waals surface area contributed by atoms with Crippen molar-refractivity contribution in [3.63, 3.8) is 0 Å². The Hall–Kier alpha value is -3.64. The van der Waals surface area contributed by atoms with Crippen LogP contribution in [-0.2, 0) is 14.3 Å². The first-order chi connectivity index (χ1) is 15.5. The minimum absolute atomic E-state index is 0.130. The standard InChI is InChI=1S/C25H20ClNO5/c1-3-22(28)31-23-19(26)11-15(13-21(23)30-4-2)12-20-25(29)32-24(27-20)18-10-9-16-7-5-6-8-17(16)14-18/h5-14H,3-4H2,1-2H3/b20-12-. The summed E-state index contributed by atoms with van der Waals surface area (Å²) < 4.78 is 16.3. The van der Waals surface area contributed by atoms with Gasteiger partial charge in [-0.3, -0.25) is 4.79 Å². The molecule has 4 rings (SSSR count). The summed E-state index contributed by atoms with van der Waals surface area (Å²) in [6.45, 7) is 3.84. The van der Waals surface area contributed by atoms with Crippen molar-refractivity contribution in [3.8, 4) is 11.5 Å². The molecule has 1 aliphatic heterocycles. The van der Waals surface area contributed by atoms with E-state index >= 15 is 0 Å². The number of benzene rings is 3. The summed E-state index contributed by atoms with van der Waals surface area (Å²) >= 11 is 6.33. The largest absolute Gasteiger partial charge is 0.490 e. The Morgan fingerprint density at radius 2 is 1.88 bits per heavy atom. The van der Waals surface area contributed by atoms with E-state index in [1.165, 1.54) is 0 Å². The highest BCUT2D eigenvalue weighted by atomic mass is 35.5. The average molecular weight is 450 g/mol. The van der Waals surface area contributed by atoms with Crippen LogP contribution in [0.5, 0.6) is 11.5 Å². The molecule has 6 nitrogen and oxygen atoms in total. The topological polar surface area (TPSA) is 74.2 Å². The molecule has 0 bridgehead atoms. The number of hydrogen-bond acceptors (Lipinski definition) is 6. The van der Waals surface area contributed by atoms with Crippen molar-refractivity contribution in [1.82, 2.24) is 0 Å². The Kier molecular flexibility index (Phi) is 6.23. The molecular formula is C25H20ClNO5. The predicted octanol–water partition coefficient (Wildman–Crippen LogP) is 5.55. The summed E-state index contributed by atoms with van der Waals surface area (Å²) in [5.41, 5.74) is 1.39. The molecule has 0 atom stereocenters. The molecule has 3 aromatic carbocycles. The Morgan fingerprint density at radius 3 is 2.62 bits per heavy atom. The fourth-order valence-electron chi connectivity index (χ4n) is 3.23. The van der Waals surface area contributed by atoms with Gasteiger partial charge in [0.05, 0.1) is 11.6 Å². The summed E-state index contributed by atoms with van der Waals surface area (Å²) in [7, 11) is 0. The van der Waals surface area contributed by atoms with Crippen molar-refractivity contribution in [3.05, 3.63) is 76.4 Å². The van der Waals surface area contributed by atoms with Gasteiger partial charge in [0.15, 0.2) is 17.2 Å². The third-order valence-corrected chi connectivity index (χ3v) is 5.04. The third-order valence-electron chi connectivity index (χ3n) is 4.76. The van der Waals surface area contributed by atoms with Crippen molar-refractivity contribution >= 4 is 46.3 Å². The number of nitrogens with zero attached hydrogens (tertiary/aromatic N) is 1. The Bertz CT molecular complexity index is 1280. The van der Waals surface area contributed by atoms with Crippen molar-refractivity contribution in [2.45, 2.75) is 20.3 Å². The third kappa shape index (κ3) is 4.50. The maximum atomic E-state index is 12.4. The molecule has 7 heteroatoms. The van der Waals surface area contributed by atoms with Crippen LogP contribution in [0.1, 0.15) is 31.4 Å². The van der Waals surface area contributed by atoms with E-state index in [1.807, 2.05) is 42.5 Å². The van der Waals surface area contributed by atoms with Crippen molar-refractivity contribution < 1.29 is 23.8 Å². The maximum absolute atomic E-state index is 12.4. The number of cyclic esters (lactones) is 1. The van der Waals surface area contributed by atoms with E-state index in [4.69, 9.17) is 25.8 Å². The minimum Gasteiger partial charge on any atom is -0.490 e. The van der Waals surface area contributed by atoms with E-state index in [0.29, 0.717) is 23.5 Å². The van der Waals surface area contributed by atoms with Gasteiger partial charge < -0.3 is 14.2 Å². The lowest BCUT2D eigenvalue weighted by atomic mass is 10.1. The van der Waals surface area contributed by atoms with Gasteiger partial charge in [-0.25, -0.2) is 9.79 Å². The van der Waals surface area contributed by atoms with E-state index in [0.717, 1.165) is 10.8 Å². The predicted molar refractivity (Wildman–Crippen MR) is 123 cm³/mol. The van der Waals surface area contributed by atoms with Crippen LogP contribution in [-0.4, -0.2) is 24.4 Å². The lowest BCUT2D eigenvalue weighted by molar-refractivity contribution is -0.134. The highest BCUT2D eigenvalue weighted by molar-refractivity contribution is 6.32. The normalized spacial score (nSPS) is 14.4. The molecule has 0 N–H and O–H groups in total. The monoisotopic (exact) mass is 449 g/mol. The maximum Gasteiger partial charge on any atom is 0.363 e. The smallest absolute Gasteiger partial charge is 0.363 e. The van der Waals surface area contributed by atoms with E-state index < -0.39 is 11.9 Å². The lowest BCUT2D eigenvalue weighted by Gasteiger charge is -2.13. The molecule has 1 aliphatic rings. The molecular weight excluding hydrogens is 430 g/mol. The van der Waals surface area contributed by atoms with Crippen LogP contribution in [0.2, 0.25) is 5.02 Å². The molecule has 0 spiro atoms. The van der Waals surface area contributed by atoms with Crippen LogP contribution < -0.4 is 9.47 Å². The van der Waals surface area contributed by atoms with Gasteiger partial charge in [-0.15, -0.1) is 0 Å². The molecule has 0 saturated heterocycles. The van der Waals surface area contributed by atoms with Crippen LogP contribution in [0.25, 0.3) is 16.8 Å². The molecule has 0 radical (unpaired) electrons.